The standard InChI is InChI=1S/C49H49F2N7O10/c1-7-36-39(50)15-8-29-18-35(66-27-63-6)19-37(40(29)36)42-41(51)43-38(21-52-42)44(55-23-31-9-10-32(24-55)57(31)46(59)68-48(3,4)5)54-45(53-43)65-26-49-17-16-33(56(49)22-28(2)20-49)25-64-47(60)67-34-13-11-30(12-14-34)58(61)62/h1,8,11-15,18-19,21,31-33H,2,9-10,16-17,20,22-27H2,3-6H3/t31-,32+,33-,49-/m0/s1. The van der Waals surface area contributed by atoms with Gasteiger partial charge in [-0.3, -0.25) is 24.9 Å². The third kappa shape index (κ3) is 8.88. The highest BCUT2D eigenvalue weighted by atomic mass is 19.1. The molecule has 4 aliphatic rings. The van der Waals surface area contributed by atoms with E-state index in [0.29, 0.717) is 55.9 Å². The number of carbonyl (C=O) groups is 2. The molecule has 0 spiro atoms. The maximum absolute atomic E-state index is 17.6. The van der Waals surface area contributed by atoms with Gasteiger partial charge in [-0.05, 0) is 88.6 Å². The van der Waals surface area contributed by atoms with Gasteiger partial charge in [0.15, 0.2) is 12.6 Å². The topological polar surface area (TPSA) is 181 Å². The van der Waals surface area contributed by atoms with Crippen LogP contribution in [0.15, 0.2) is 66.9 Å². The molecule has 6 heterocycles. The molecule has 2 aromatic heterocycles. The highest BCUT2D eigenvalue weighted by Crippen LogP contribution is 2.45. The predicted octanol–water partition coefficient (Wildman–Crippen LogP) is 8.34. The van der Waals surface area contributed by atoms with Crippen LogP contribution < -0.4 is 19.1 Å². The number of nitro groups is 1. The average molecular weight is 934 g/mol. The second-order valence-electron chi connectivity index (χ2n) is 18.6. The molecule has 4 fully saturated rings. The van der Waals surface area contributed by atoms with Crippen LogP contribution in [0.1, 0.15) is 58.4 Å². The van der Waals surface area contributed by atoms with Gasteiger partial charge in [-0.2, -0.15) is 9.97 Å². The largest absolute Gasteiger partial charge is 0.513 e. The molecule has 4 saturated heterocycles. The maximum atomic E-state index is 17.6. The summed E-state index contributed by atoms with van der Waals surface area (Å²) in [5.41, 5.74) is -0.669. The van der Waals surface area contributed by atoms with E-state index >= 15 is 8.78 Å². The number of aromatic nitrogens is 3. The van der Waals surface area contributed by atoms with Crippen LogP contribution in [0.2, 0.25) is 0 Å². The first-order chi connectivity index (χ1) is 32.5. The van der Waals surface area contributed by atoms with E-state index in [0.717, 1.165) is 18.4 Å². The van der Waals surface area contributed by atoms with E-state index in [1.54, 1.807) is 11.0 Å². The summed E-state index contributed by atoms with van der Waals surface area (Å²) in [6.45, 7) is 10.9. The number of methoxy groups -OCH3 is 1. The van der Waals surface area contributed by atoms with Crippen molar-refractivity contribution in [3.05, 3.63) is 94.2 Å². The number of rotatable bonds is 12. The van der Waals surface area contributed by atoms with Gasteiger partial charge in [0.1, 0.15) is 53.2 Å². The molecule has 4 atom stereocenters. The fraction of sp³-hybridized carbons (Fsp3) is 0.408. The third-order valence-electron chi connectivity index (χ3n) is 12.9. The number of fused-ring (bicyclic) bond motifs is 5. The third-order valence-corrected chi connectivity index (χ3v) is 12.9. The minimum atomic E-state index is -0.957. The molecule has 0 radical (unpaired) electrons. The van der Waals surface area contributed by atoms with Crippen LogP contribution in [0.4, 0.5) is 29.9 Å². The Bertz CT molecular complexity index is 2870. The first kappa shape index (κ1) is 46.0. The van der Waals surface area contributed by atoms with Gasteiger partial charge in [-0.1, -0.05) is 24.1 Å². The summed E-state index contributed by atoms with van der Waals surface area (Å²) < 4.78 is 66.9. The molecular weight excluding hydrogens is 885 g/mol. The van der Waals surface area contributed by atoms with Crippen LogP contribution in [-0.2, 0) is 14.2 Å². The summed E-state index contributed by atoms with van der Waals surface area (Å²) >= 11 is 0. The van der Waals surface area contributed by atoms with Gasteiger partial charge in [0.2, 0.25) is 0 Å². The Morgan fingerprint density at radius 3 is 2.47 bits per heavy atom. The number of benzene rings is 3. The molecule has 9 rings (SSSR count). The number of terminal acetylenes is 1. The quantitative estimate of drug-likeness (QED) is 0.0221. The number of hydrogen-bond donors (Lipinski definition) is 0. The number of ether oxygens (including phenoxy) is 6. The zero-order valence-electron chi connectivity index (χ0n) is 38.0. The Kier molecular flexibility index (Phi) is 12.3. The number of non-ortho nitro benzene ring substituents is 1. The molecule has 354 valence electrons. The van der Waals surface area contributed by atoms with Crippen molar-refractivity contribution in [3.63, 3.8) is 0 Å². The lowest BCUT2D eigenvalue weighted by Crippen LogP contribution is -2.57. The van der Waals surface area contributed by atoms with Crippen LogP contribution in [-0.4, -0.2) is 118 Å². The van der Waals surface area contributed by atoms with Crippen molar-refractivity contribution in [2.45, 2.75) is 82.1 Å². The second-order valence-corrected chi connectivity index (χ2v) is 18.6. The highest BCUT2D eigenvalue weighted by molar-refractivity contribution is 6.03. The van der Waals surface area contributed by atoms with E-state index in [1.165, 1.54) is 55.8 Å². The lowest BCUT2D eigenvalue weighted by Gasteiger charge is -2.42. The van der Waals surface area contributed by atoms with Crippen molar-refractivity contribution in [3.8, 4) is 41.1 Å². The van der Waals surface area contributed by atoms with Crippen molar-refractivity contribution in [1.29, 1.82) is 0 Å². The van der Waals surface area contributed by atoms with Crippen molar-refractivity contribution in [1.82, 2.24) is 24.8 Å². The van der Waals surface area contributed by atoms with Crippen molar-refractivity contribution < 1.29 is 51.7 Å². The molecule has 4 aliphatic heterocycles. The zero-order chi connectivity index (χ0) is 48.1. The van der Waals surface area contributed by atoms with E-state index < -0.39 is 39.9 Å². The van der Waals surface area contributed by atoms with Gasteiger partial charge in [0, 0.05) is 62.1 Å². The summed E-state index contributed by atoms with van der Waals surface area (Å²) in [6, 6.07) is 10.3. The fourth-order valence-electron chi connectivity index (χ4n) is 10.0. The highest BCUT2D eigenvalue weighted by Gasteiger charge is 2.52. The SMILES string of the molecule is C#Cc1c(F)ccc2cc(OCOC)cc(-c3ncc4c(N5C[C@H]6CC[C@@H](C5)N6C(=O)OC(C)(C)C)nc(OC[C@@]56CC[C@@H](COC(=O)Oc7ccc([N+](=O)[O-])cc7)N5CC(=C)C6)nc4c3F)c12. The summed E-state index contributed by atoms with van der Waals surface area (Å²) in [7, 11) is 1.46. The Labute approximate surface area is 390 Å². The van der Waals surface area contributed by atoms with Gasteiger partial charge in [0.05, 0.1) is 33.5 Å². The zero-order valence-corrected chi connectivity index (χ0v) is 38.0. The maximum Gasteiger partial charge on any atom is 0.513 e. The number of piperazine rings is 1. The molecule has 17 nitrogen and oxygen atoms in total. The van der Waals surface area contributed by atoms with E-state index in [9.17, 15) is 19.7 Å². The molecule has 0 N–H and O–H groups in total. The lowest BCUT2D eigenvalue weighted by molar-refractivity contribution is -0.384. The summed E-state index contributed by atoms with van der Waals surface area (Å²) in [6.07, 6.45) is 9.28. The van der Waals surface area contributed by atoms with Crippen LogP contribution in [0.5, 0.6) is 17.5 Å². The molecule has 68 heavy (non-hydrogen) atoms. The Morgan fingerprint density at radius 1 is 1.03 bits per heavy atom. The summed E-state index contributed by atoms with van der Waals surface area (Å²) in [4.78, 5) is 56.9. The van der Waals surface area contributed by atoms with Gasteiger partial charge in [0.25, 0.3) is 5.69 Å². The number of amides is 1. The minimum Gasteiger partial charge on any atom is -0.468 e. The van der Waals surface area contributed by atoms with Crippen molar-refractivity contribution in [2.75, 3.05) is 51.7 Å². The minimum absolute atomic E-state index is 0.00621. The molecule has 5 aromatic rings. The number of nitrogens with zero attached hydrogens (tertiary/aromatic N) is 7. The Hall–Kier alpha value is -7.17. The van der Waals surface area contributed by atoms with E-state index in [4.69, 9.17) is 44.8 Å². The number of carbonyl (C=O) groups excluding carboxylic acids is 2. The molecule has 3 aromatic carbocycles. The van der Waals surface area contributed by atoms with Crippen LogP contribution in [0.3, 0.4) is 0 Å². The normalized spacial score (nSPS) is 21.2. The molecule has 0 unspecified atom stereocenters. The van der Waals surface area contributed by atoms with E-state index in [-0.39, 0.29) is 88.7 Å². The van der Waals surface area contributed by atoms with Gasteiger partial charge in [-0.15, -0.1) is 6.42 Å². The van der Waals surface area contributed by atoms with E-state index in [1.807, 2.05) is 25.7 Å². The predicted molar refractivity (Wildman–Crippen MR) is 245 cm³/mol. The lowest BCUT2D eigenvalue weighted by atomic mass is 9.94. The number of pyridine rings is 1. The summed E-state index contributed by atoms with van der Waals surface area (Å²) in [5, 5.41) is 12.1. The van der Waals surface area contributed by atoms with E-state index in [2.05, 4.69) is 22.4 Å². The van der Waals surface area contributed by atoms with Gasteiger partial charge in [-0.25, -0.2) is 18.4 Å². The molecule has 1 amide bonds. The number of halogens is 2. The molecular formula is C49H49F2N7O10. The first-order valence-corrected chi connectivity index (χ1v) is 22.2. The van der Waals surface area contributed by atoms with Crippen molar-refractivity contribution in [2.24, 2.45) is 0 Å². The summed E-state index contributed by atoms with van der Waals surface area (Å²) in [5.74, 6) is 1.68. The molecule has 19 heteroatoms. The first-order valence-electron chi connectivity index (χ1n) is 22.2. The van der Waals surface area contributed by atoms with Crippen LogP contribution in [0.25, 0.3) is 32.9 Å². The van der Waals surface area contributed by atoms with Gasteiger partial charge < -0.3 is 33.3 Å². The fourth-order valence-corrected chi connectivity index (χ4v) is 10.0. The monoisotopic (exact) mass is 933 g/mol. The Balaban J connectivity index is 1.05. The van der Waals surface area contributed by atoms with Gasteiger partial charge >= 0.3 is 18.3 Å². The number of hydrogen-bond acceptors (Lipinski definition) is 15. The molecule has 0 aliphatic carbocycles. The number of anilines is 1. The average Bonchev–Trinajstić information content (AvgIpc) is 3.91. The number of nitro benzene ring substituents is 1. The van der Waals surface area contributed by atoms with Crippen LogP contribution >= 0.6 is 0 Å². The second kappa shape index (κ2) is 18.1. The Morgan fingerprint density at radius 2 is 1.78 bits per heavy atom. The van der Waals surface area contributed by atoms with Crippen LogP contribution in [0, 0.1) is 34.1 Å². The molecule has 2 bridgehead atoms. The smallest absolute Gasteiger partial charge is 0.468 e. The molecule has 0 saturated carbocycles. The van der Waals surface area contributed by atoms with Crippen molar-refractivity contribution >= 4 is 45.4 Å².